The lowest BCUT2D eigenvalue weighted by Gasteiger charge is -2.20. The maximum atomic E-state index is 12.3. The van der Waals surface area contributed by atoms with Crippen molar-refractivity contribution < 1.29 is 9.53 Å². The lowest BCUT2D eigenvalue weighted by Crippen LogP contribution is -2.25. The molecule has 0 amide bonds. The number of nitrogens with zero attached hydrogens (tertiary/aromatic N) is 1. The topological polar surface area (TPSA) is 48.3 Å². The fourth-order valence-electron chi connectivity index (χ4n) is 4.50. The van der Waals surface area contributed by atoms with E-state index < -0.39 is 0 Å². The van der Waals surface area contributed by atoms with Crippen LogP contribution in [0.25, 0.3) is 21.8 Å². The van der Waals surface area contributed by atoms with E-state index in [1.54, 1.807) is 0 Å². The fraction of sp³-hybridized carbons (Fsp3) is 0.316. The minimum Gasteiger partial charge on any atom is -0.460 e. The summed E-state index contributed by atoms with van der Waals surface area (Å²) in [6.45, 7) is 13.6. The van der Waals surface area contributed by atoms with Crippen molar-refractivity contribution in [1.82, 2.24) is 4.57 Å². The van der Waals surface area contributed by atoms with Gasteiger partial charge < -0.3 is 9.30 Å². The minimum absolute atomic E-state index is 0.126. The lowest BCUT2D eigenvalue weighted by atomic mass is 9.91. The SMILES string of the molecule is CCC(C)(C)C(=O)OCc1ccccc1.CCC(C)c1ccccc1.CCn1c2ccccc2c(=O)c2ccccc21. The maximum absolute atomic E-state index is 12.3. The first-order valence-corrected chi connectivity index (χ1v) is 15.0. The van der Waals surface area contributed by atoms with E-state index in [1.165, 1.54) is 12.0 Å². The molecule has 0 bridgehead atoms. The van der Waals surface area contributed by atoms with Crippen LogP contribution in [0.4, 0.5) is 0 Å². The van der Waals surface area contributed by atoms with E-state index in [-0.39, 0.29) is 16.8 Å². The Morgan fingerprint density at radius 1 is 0.738 bits per heavy atom. The second-order valence-electron chi connectivity index (χ2n) is 11.1. The molecule has 4 nitrogen and oxygen atoms in total. The first kappa shape index (κ1) is 32.3. The Labute approximate surface area is 251 Å². The maximum Gasteiger partial charge on any atom is 0.311 e. The number of benzene rings is 4. The van der Waals surface area contributed by atoms with Crippen molar-refractivity contribution in [2.45, 2.75) is 73.5 Å². The van der Waals surface area contributed by atoms with Crippen molar-refractivity contribution in [2.75, 3.05) is 0 Å². The van der Waals surface area contributed by atoms with Crippen LogP contribution in [-0.2, 0) is 22.7 Å². The van der Waals surface area contributed by atoms with Crippen LogP contribution >= 0.6 is 0 Å². The molecule has 220 valence electrons. The van der Waals surface area contributed by atoms with Gasteiger partial charge in [-0.15, -0.1) is 0 Å². The lowest BCUT2D eigenvalue weighted by molar-refractivity contribution is -0.155. The van der Waals surface area contributed by atoms with Crippen LogP contribution in [0.2, 0.25) is 0 Å². The molecular weight excluding hydrogens is 518 g/mol. The zero-order valence-corrected chi connectivity index (χ0v) is 26.0. The number of hydrogen-bond donors (Lipinski definition) is 0. The number of pyridine rings is 1. The number of fused-ring (bicyclic) bond motifs is 2. The standard InChI is InChI=1S/C15H13NO.C13H18O2.C10H14/c1-2-16-13-9-5-3-7-11(13)15(17)12-8-4-6-10-14(12)16;1-4-13(2,3)12(14)15-10-11-8-6-5-7-9-11;1-3-9(2)10-7-5-4-6-8-10/h3-10H,2H2,1H3;5-9H,4,10H2,1-3H3;4-9H,3H2,1-2H3. The summed E-state index contributed by atoms with van der Waals surface area (Å²) >= 11 is 0. The van der Waals surface area contributed by atoms with Crippen LogP contribution in [0, 0.1) is 5.41 Å². The minimum atomic E-state index is -0.380. The third-order valence-electron chi connectivity index (χ3n) is 7.83. The van der Waals surface area contributed by atoms with Crippen molar-refractivity contribution in [3.05, 3.63) is 131 Å². The molecule has 0 saturated carbocycles. The summed E-state index contributed by atoms with van der Waals surface area (Å²) in [4.78, 5) is 24.0. The largest absolute Gasteiger partial charge is 0.460 e. The van der Waals surface area contributed by atoms with Crippen molar-refractivity contribution in [3.63, 3.8) is 0 Å². The molecule has 0 radical (unpaired) electrons. The van der Waals surface area contributed by atoms with E-state index in [1.807, 2.05) is 99.6 Å². The Hall–Kier alpha value is -4.18. The van der Waals surface area contributed by atoms with E-state index in [0.29, 0.717) is 12.5 Å². The normalized spacial score (nSPS) is 11.6. The highest BCUT2D eigenvalue weighted by molar-refractivity contribution is 5.93. The molecular formula is C38H45NO3. The van der Waals surface area contributed by atoms with Gasteiger partial charge in [-0.25, -0.2) is 0 Å². The average Bonchev–Trinajstić information content (AvgIpc) is 3.05. The molecule has 42 heavy (non-hydrogen) atoms. The number of aromatic nitrogens is 1. The van der Waals surface area contributed by atoms with Crippen LogP contribution in [-0.4, -0.2) is 10.5 Å². The Bertz CT molecular complexity index is 1540. The second kappa shape index (κ2) is 15.7. The Balaban J connectivity index is 0.000000179. The number of esters is 1. The van der Waals surface area contributed by atoms with Gasteiger partial charge in [-0.05, 0) is 74.9 Å². The molecule has 0 saturated heterocycles. The van der Waals surface area contributed by atoms with Gasteiger partial charge in [0, 0.05) is 17.3 Å². The van der Waals surface area contributed by atoms with Crippen LogP contribution in [0.1, 0.15) is 71.4 Å². The number of carbonyl (C=O) groups is 1. The van der Waals surface area contributed by atoms with E-state index in [4.69, 9.17) is 4.74 Å². The molecule has 5 aromatic rings. The molecule has 1 unspecified atom stereocenters. The molecule has 4 aromatic carbocycles. The molecule has 0 aliphatic carbocycles. The predicted molar refractivity (Wildman–Crippen MR) is 177 cm³/mol. The van der Waals surface area contributed by atoms with Crippen molar-refractivity contribution in [1.29, 1.82) is 0 Å². The zero-order valence-electron chi connectivity index (χ0n) is 26.0. The summed E-state index contributed by atoms with van der Waals surface area (Å²) in [6, 6.07) is 36.0. The molecule has 0 N–H and O–H groups in total. The summed E-state index contributed by atoms with van der Waals surface area (Å²) in [5.74, 6) is 0.579. The van der Waals surface area contributed by atoms with E-state index in [9.17, 15) is 9.59 Å². The van der Waals surface area contributed by atoms with Gasteiger partial charge in [0.15, 0.2) is 5.43 Å². The van der Waals surface area contributed by atoms with Gasteiger partial charge in [-0.1, -0.05) is 106 Å². The molecule has 1 atom stereocenters. The third kappa shape index (κ3) is 8.42. The fourth-order valence-corrected chi connectivity index (χ4v) is 4.50. The van der Waals surface area contributed by atoms with E-state index in [2.05, 4.69) is 55.7 Å². The van der Waals surface area contributed by atoms with Gasteiger partial charge in [0.2, 0.25) is 0 Å². The number of carbonyl (C=O) groups excluding carboxylic acids is 1. The number of hydrogen-bond acceptors (Lipinski definition) is 3. The molecule has 0 aliphatic heterocycles. The van der Waals surface area contributed by atoms with E-state index in [0.717, 1.165) is 40.3 Å². The van der Waals surface area contributed by atoms with Crippen molar-refractivity contribution in [3.8, 4) is 0 Å². The first-order chi connectivity index (χ1) is 20.2. The van der Waals surface area contributed by atoms with Gasteiger partial charge >= 0.3 is 5.97 Å². The Morgan fingerprint density at radius 2 is 1.21 bits per heavy atom. The van der Waals surface area contributed by atoms with Gasteiger partial charge in [0.1, 0.15) is 6.61 Å². The molecule has 0 spiro atoms. The van der Waals surface area contributed by atoms with Crippen molar-refractivity contribution >= 4 is 27.8 Å². The quantitative estimate of drug-likeness (QED) is 0.146. The molecule has 1 heterocycles. The summed E-state index contributed by atoms with van der Waals surface area (Å²) in [5, 5.41) is 1.60. The highest BCUT2D eigenvalue weighted by atomic mass is 16.5. The van der Waals surface area contributed by atoms with Gasteiger partial charge in [-0.2, -0.15) is 0 Å². The number of aryl methyl sites for hydroxylation is 1. The smallest absolute Gasteiger partial charge is 0.311 e. The number of para-hydroxylation sites is 2. The summed E-state index contributed by atoms with van der Waals surface area (Å²) in [7, 11) is 0. The van der Waals surface area contributed by atoms with Gasteiger partial charge in [0.05, 0.1) is 16.4 Å². The summed E-state index contributed by atoms with van der Waals surface area (Å²) < 4.78 is 7.43. The van der Waals surface area contributed by atoms with Gasteiger partial charge in [0.25, 0.3) is 0 Å². The van der Waals surface area contributed by atoms with Crippen LogP contribution < -0.4 is 5.43 Å². The van der Waals surface area contributed by atoms with Crippen molar-refractivity contribution in [2.24, 2.45) is 5.41 Å². The predicted octanol–water partition coefficient (Wildman–Crippen LogP) is 9.54. The molecule has 4 heteroatoms. The highest BCUT2D eigenvalue weighted by Crippen LogP contribution is 2.22. The highest BCUT2D eigenvalue weighted by Gasteiger charge is 2.26. The molecule has 0 aliphatic rings. The molecule has 0 fully saturated rings. The van der Waals surface area contributed by atoms with Crippen LogP contribution in [0.3, 0.4) is 0 Å². The molecule has 1 aromatic heterocycles. The monoisotopic (exact) mass is 563 g/mol. The number of ether oxygens (including phenoxy) is 1. The summed E-state index contributed by atoms with van der Waals surface area (Å²) in [5.41, 5.74) is 4.25. The van der Waals surface area contributed by atoms with E-state index >= 15 is 0 Å². The molecule has 5 rings (SSSR count). The Morgan fingerprint density at radius 3 is 1.69 bits per heavy atom. The second-order valence-corrected chi connectivity index (χ2v) is 11.1. The number of rotatable bonds is 7. The van der Waals surface area contributed by atoms with Gasteiger partial charge in [-0.3, -0.25) is 9.59 Å². The third-order valence-corrected chi connectivity index (χ3v) is 7.83. The van der Waals surface area contributed by atoms with Crippen LogP contribution in [0.5, 0.6) is 0 Å². The zero-order chi connectivity index (χ0) is 30.5. The first-order valence-electron chi connectivity index (χ1n) is 15.0. The average molecular weight is 564 g/mol. The summed E-state index contributed by atoms with van der Waals surface area (Å²) in [6.07, 6.45) is 2.02. The van der Waals surface area contributed by atoms with Crippen LogP contribution in [0.15, 0.2) is 114 Å². The Kier molecular flexibility index (Phi) is 12.1.